The molecule has 0 radical (unpaired) electrons. The van der Waals surface area contributed by atoms with Crippen molar-refractivity contribution in [2.75, 3.05) is 5.32 Å². The van der Waals surface area contributed by atoms with E-state index in [0.29, 0.717) is 12.2 Å². The van der Waals surface area contributed by atoms with Crippen molar-refractivity contribution in [3.05, 3.63) is 47.8 Å². The number of amides is 1. The van der Waals surface area contributed by atoms with E-state index in [0.717, 1.165) is 17.8 Å². The molecule has 0 fully saturated rings. The number of aryl methyl sites for hydroxylation is 2. The molecule has 0 spiro atoms. The van der Waals surface area contributed by atoms with Crippen molar-refractivity contribution in [3.63, 3.8) is 0 Å². The Bertz CT molecular complexity index is 937. The maximum Gasteiger partial charge on any atom is 0.325 e. The number of hydrogen-bond donors (Lipinski definition) is 2. The first-order chi connectivity index (χ1) is 12.4. The molecule has 0 unspecified atom stereocenters. The number of rotatable bonds is 7. The van der Waals surface area contributed by atoms with Crippen LogP contribution in [0, 0.1) is 6.92 Å². The predicted octanol–water partition coefficient (Wildman–Crippen LogP) is 0.990. The fourth-order valence-electron chi connectivity index (χ4n) is 2.47. The Morgan fingerprint density at radius 2 is 1.88 bits per heavy atom. The zero-order valence-corrected chi connectivity index (χ0v) is 14.5. The Morgan fingerprint density at radius 1 is 1.12 bits per heavy atom. The van der Waals surface area contributed by atoms with Gasteiger partial charge in [-0.2, -0.15) is 15.3 Å². The van der Waals surface area contributed by atoms with Crippen molar-refractivity contribution in [2.24, 2.45) is 0 Å². The summed E-state index contributed by atoms with van der Waals surface area (Å²) >= 11 is 0. The van der Waals surface area contributed by atoms with Crippen molar-refractivity contribution in [3.8, 4) is 0 Å². The van der Waals surface area contributed by atoms with Crippen molar-refractivity contribution in [1.82, 2.24) is 29.3 Å². The summed E-state index contributed by atoms with van der Waals surface area (Å²) in [5.74, 6) is -1.40. The molecule has 2 N–H and O–H groups in total. The molecule has 3 aromatic rings. The summed E-state index contributed by atoms with van der Waals surface area (Å²) in [7, 11) is 0. The van der Waals surface area contributed by atoms with Gasteiger partial charge in [0.25, 0.3) is 5.91 Å². The first-order valence-electron chi connectivity index (χ1n) is 8.05. The summed E-state index contributed by atoms with van der Waals surface area (Å²) in [4.78, 5) is 22.9. The molecule has 3 aromatic heterocycles. The molecule has 0 aliphatic rings. The zero-order chi connectivity index (χ0) is 18.7. The highest BCUT2D eigenvalue weighted by atomic mass is 16.4. The van der Waals surface area contributed by atoms with Gasteiger partial charge in [-0.3, -0.25) is 23.6 Å². The molecule has 0 saturated carbocycles. The summed E-state index contributed by atoms with van der Waals surface area (Å²) in [6, 6.07) is 0. The van der Waals surface area contributed by atoms with Crippen LogP contribution in [0.4, 0.5) is 5.69 Å². The van der Waals surface area contributed by atoms with Crippen LogP contribution in [0.2, 0.25) is 0 Å². The van der Waals surface area contributed by atoms with E-state index in [9.17, 15) is 9.59 Å². The normalized spacial score (nSPS) is 10.8. The van der Waals surface area contributed by atoms with Crippen LogP contribution in [0.5, 0.6) is 0 Å². The molecule has 136 valence electrons. The predicted molar refractivity (Wildman–Crippen MR) is 91.8 cm³/mol. The minimum absolute atomic E-state index is 0.277. The molecule has 0 aromatic carbocycles. The smallest absolute Gasteiger partial charge is 0.325 e. The Morgan fingerprint density at radius 3 is 2.58 bits per heavy atom. The highest BCUT2D eigenvalue weighted by molar-refractivity contribution is 6.03. The van der Waals surface area contributed by atoms with E-state index in [1.54, 1.807) is 17.1 Å². The third kappa shape index (κ3) is 3.97. The molecular weight excluding hydrogens is 338 g/mol. The van der Waals surface area contributed by atoms with Gasteiger partial charge in [0, 0.05) is 30.7 Å². The summed E-state index contributed by atoms with van der Waals surface area (Å²) in [5, 5.41) is 23.9. The van der Waals surface area contributed by atoms with Crippen LogP contribution >= 0.6 is 0 Å². The molecule has 10 nitrogen and oxygen atoms in total. The summed E-state index contributed by atoms with van der Waals surface area (Å²) < 4.78 is 4.77. The second kappa shape index (κ2) is 7.21. The van der Waals surface area contributed by atoms with Crippen molar-refractivity contribution in [1.29, 1.82) is 0 Å². The second-order valence-electron chi connectivity index (χ2n) is 5.80. The first-order valence-corrected chi connectivity index (χ1v) is 8.05. The van der Waals surface area contributed by atoms with E-state index in [1.807, 2.05) is 24.7 Å². The Balaban J connectivity index is 1.64. The van der Waals surface area contributed by atoms with Crippen LogP contribution < -0.4 is 5.32 Å². The number of carboxylic acids is 1. The first kappa shape index (κ1) is 17.4. The lowest BCUT2D eigenvalue weighted by molar-refractivity contribution is -0.137. The van der Waals surface area contributed by atoms with Gasteiger partial charge in [0.05, 0.1) is 35.9 Å². The molecule has 0 saturated heterocycles. The minimum Gasteiger partial charge on any atom is -0.480 e. The monoisotopic (exact) mass is 357 g/mol. The number of hydrogen-bond acceptors (Lipinski definition) is 5. The molecule has 0 atom stereocenters. The van der Waals surface area contributed by atoms with Gasteiger partial charge in [0.15, 0.2) is 0 Å². The number of carbonyl (C=O) groups is 2. The highest BCUT2D eigenvalue weighted by Gasteiger charge is 2.12. The van der Waals surface area contributed by atoms with E-state index in [1.165, 1.54) is 17.1 Å². The van der Waals surface area contributed by atoms with Gasteiger partial charge in [-0.15, -0.1) is 0 Å². The molecular formula is C16H19N7O3. The number of carboxylic acid groups (broad SMARTS) is 1. The van der Waals surface area contributed by atoms with Crippen LogP contribution in [-0.2, 0) is 24.4 Å². The van der Waals surface area contributed by atoms with Crippen molar-refractivity contribution >= 4 is 17.6 Å². The largest absolute Gasteiger partial charge is 0.480 e. The van der Waals surface area contributed by atoms with Crippen molar-refractivity contribution in [2.45, 2.75) is 33.5 Å². The lowest BCUT2D eigenvalue weighted by Crippen LogP contribution is -2.11. The van der Waals surface area contributed by atoms with E-state index in [-0.39, 0.29) is 18.0 Å². The minimum atomic E-state index is -1.02. The Kier molecular flexibility index (Phi) is 4.83. The molecule has 0 aliphatic carbocycles. The number of nitrogens with one attached hydrogen (secondary N) is 1. The SMILES string of the molecule is CCn1cc(Cn2cc(NC(=O)c3cnn(CC(=O)O)c3)cn2)c(C)n1. The van der Waals surface area contributed by atoms with Crippen LogP contribution in [0.15, 0.2) is 31.0 Å². The molecule has 0 bridgehead atoms. The van der Waals surface area contributed by atoms with Crippen LogP contribution in [0.1, 0.15) is 28.5 Å². The van der Waals surface area contributed by atoms with Crippen molar-refractivity contribution < 1.29 is 14.7 Å². The number of nitrogens with zero attached hydrogens (tertiary/aromatic N) is 6. The van der Waals surface area contributed by atoms with Crippen LogP contribution in [0.3, 0.4) is 0 Å². The molecule has 10 heteroatoms. The van der Waals surface area contributed by atoms with Gasteiger partial charge in [-0.05, 0) is 13.8 Å². The van der Waals surface area contributed by atoms with E-state index >= 15 is 0 Å². The standard InChI is InChI=1S/C16H19N7O3/c1-3-21-7-13(11(2)20-21)8-22-9-14(5-18-22)19-16(26)12-4-17-23(6-12)10-15(24)25/h4-7,9H,3,8,10H2,1-2H3,(H,19,26)(H,24,25). The second-order valence-corrected chi connectivity index (χ2v) is 5.80. The topological polar surface area (TPSA) is 120 Å². The van der Waals surface area contributed by atoms with E-state index in [2.05, 4.69) is 20.6 Å². The van der Waals surface area contributed by atoms with Crippen LogP contribution in [-0.4, -0.2) is 46.3 Å². The van der Waals surface area contributed by atoms with Gasteiger partial charge < -0.3 is 10.4 Å². The Labute approximate surface area is 149 Å². The molecule has 26 heavy (non-hydrogen) atoms. The summed E-state index contributed by atoms with van der Waals surface area (Å²) in [6.07, 6.45) is 7.97. The quantitative estimate of drug-likeness (QED) is 0.651. The maximum atomic E-state index is 12.2. The van der Waals surface area contributed by atoms with Gasteiger partial charge in [-0.25, -0.2) is 0 Å². The highest BCUT2D eigenvalue weighted by Crippen LogP contribution is 2.12. The van der Waals surface area contributed by atoms with Gasteiger partial charge in [-0.1, -0.05) is 0 Å². The average molecular weight is 357 g/mol. The molecule has 0 aliphatic heterocycles. The third-order valence-electron chi connectivity index (χ3n) is 3.79. The Hall–Kier alpha value is -3.43. The number of aromatic nitrogens is 6. The zero-order valence-electron chi connectivity index (χ0n) is 14.5. The molecule has 3 heterocycles. The van der Waals surface area contributed by atoms with E-state index < -0.39 is 5.97 Å². The third-order valence-corrected chi connectivity index (χ3v) is 3.79. The van der Waals surface area contributed by atoms with Gasteiger partial charge in [0.2, 0.25) is 0 Å². The number of anilines is 1. The number of carbonyl (C=O) groups excluding carboxylic acids is 1. The molecule has 3 rings (SSSR count). The lowest BCUT2D eigenvalue weighted by atomic mass is 10.3. The molecule has 1 amide bonds. The maximum absolute atomic E-state index is 12.2. The van der Waals surface area contributed by atoms with Gasteiger partial charge in [0.1, 0.15) is 6.54 Å². The van der Waals surface area contributed by atoms with Crippen LogP contribution in [0.25, 0.3) is 0 Å². The average Bonchev–Trinajstić information content (AvgIpc) is 3.29. The fourth-order valence-corrected chi connectivity index (χ4v) is 2.47. The number of aliphatic carboxylic acids is 1. The van der Waals surface area contributed by atoms with E-state index in [4.69, 9.17) is 5.11 Å². The fraction of sp³-hybridized carbons (Fsp3) is 0.312. The lowest BCUT2D eigenvalue weighted by Gasteiger charge is -2.00. The summed E-state index contributed by atoms with van der Waals surface area (Å²) in [6.45, 7) is 5.03. The van der Waals surface area contributed by atoms with Gasteiger partial charge >= 0.3 is 5.97 Å². The summed E-state index contributed by atoms with van der Waals surface area (Å²) in [5.41, 5.74) is 2.82.